The van der Waals surface area contributed by atoms with Crippen molar-refractivity contribution in [3.63, 3.8) is 0 Å². The minimum Gasteiger partial charge on any atom is -0.251 e. The molecule has 2 heteroatoms. The average Bonchev–Trinajstić information content (AvgIpc) is 2.26. The summed E-state index contributed by atoms with van der Waals surface area (Å²) in [6.45, 7) is 13.7. The van der Waals surface area contributed by atoms with Crippen LogP contribution >= 0.6 is 11.6 Å². The Bertz CT molecular complexity index is 603. The number of hydrogen-bond acceptors (Lipinski definition) is 1. The smallest absolute Gasteiger partial charge is 0.0891 e. The Morgan fingerprint density at radius 2 is 1.50 bits per heavy atom. The second-order valence-electron chi connectivity index (χ2n) is 7.71. The molecule has 0 spiro atoms. The van der Waals surface area contributed by atoms with Crippen LogP contribution in [0.5, 0.6) is 0 Å². The van der Waals surface area contributed by atoms with Crippen LogP contribution in [0.3, 0.4) is 0 Å². The molecule has 108 valence electrons. The molecular weight excluding hydrogens is 266 g/mol. The van der Waals surface area contributed by atoms with Crippen molar-refractivity contribution in [3.05, 3.63) is 41.0 Å². The molecule has 0 fully saturated rings. The molecule has 1 heterocycles. The maximum Gasteiger partial charge on any atom is 0.0891 e. The van der Waals surface area contributed by atoms with E-state index in [0.717, 1.165) is 21.6 Å². The van der Waals surface area contributed by atoms with Crippen LogP contribution in [-0.2, 0) is 0 Å². The Balaban J connectivity index is 2.64. The first-order chi connectivity index (χ1) is 9.10. The molecule has 0 aliphatic carbocycles. The van der Waals surface area contributed by atoms with E-state index in [-0.39, 0.29) is 10.8 Å². The second kappa shape index (κ2) is 5.04. The number of pyridine rings is 1. The molecule has 0 radical (unpaired) electrons. The number of fused-ring (bicyclic) bond motifs is 1. The van der Waals surface area contributed by atoms with Gasteiger partial charge in [0.15, 0.2) is 0 Å². The third-order valence-corrected chi connectivity index (χ3v) is 4.03. The van der Waals surface area contributed by atoms with Gasteiger partial charge in [-0.15, -0.1) is 0 Å². The summed E-state index contributed by atoms with van der Waals surface area (Å²) < 4.78 is 0. The average molecular weight is 290 g/mol. The normalized spacial score (nSPS) is 13.2. The van der Waals surface area contributed by atoms with Gasteiger partial charge in [-0.3, -0.25) is 4.98 Å². The van der Waals surface area contributed by atoms with Gasteiger partial charge in [0, 0.05) is 17.0 Å². The van der Waals surface area contributed by atoms with Gasteiger partial charge in [0.2, 0.25) is 0 Å². The van der Waals surface area contributed by atoms with Crippen molar-refractivity contribution in [1.29, 1.82) is 0 Å². The third-order valence-electron chi connectivity index (χ3n) is 3.72. The molecule has 0 unspecified atom stereocenters. The van der Waals surface area contributed by atoms with E-state index in [0.29, 0.717) is 5.92 Å². The quantitative estimate of drug-likeness (QED) is 0.621. The van der Waals surface area contributed by atoms with E-state index < -0.39 is 0 Å². The zero-order valence-electron chi connectivity index (χ0n) is 13.3. The standard InChI is InChI=1S/C18H24ClN/c1-17(2,3)16(18(4,5)6)14-11-10-12-8-7-9-13(19)15(12)20-14/h7-11,16H,1-6H3. The van der Waals surface area contributed by atoms with Gasteiger partial charge in [0.25, 0.3) is 0 Å². The highest BCUT2D eigenvalue weighted by atomic mass is 35.5. The maximum absolute atomic E-state index is 6.30. The number of rotatable bonds is 1. The van der Waals surface area contributed by atoms with Crippen molar-refractivity contribution >= 4 is 22.5 Å². The van der Waals surface area contributed by atoms with Crippen LogP contribution in [0.1, 0.15) is 53.2 Å². The Hall–Kier alpha value is -1.08. The zero-order valence-corrected chi connectivity index (χ0v) is 14.0. The van der Waals surface area contributed by atoms with Gasteiger partial charge in [-0.1, -0.05) is 71.3 Å². The first-order valence-electron chi connectivity index (χ1n) is 7.16. The molecule has 1 nitrogen and oxygen atoms in total. The van der Waals surface area contributed by atoms with E-state index in [1.165, 1.54) is 0 Å². The molecule has 1 aromatic carbocycles. The lowest BCUT2D eigenvalue weighted by Crippen LogP contribution is -2.31. The lowest BCUT2D eigenvalue weighted by molar-refractivity contribution is 0.172. The Morgan fingerprint density at radius 3 is 2.05 bits per heavy atom. The highest BCUT2D eigenvalue weighted by Gasteiger charge is 2.37. The van der Waals surface area contributed by atoms with E-state index in [9.17, 15) is 0 Å². The highest BCUT2D eigenvalue weighted by molar-refractivity contribution is 6.35. The van der Waals surface area contributed by atoms with Crippen LogP contribution in [0.25, 0.3) is 10.9 Å². The SMILES string of the molecule is CC(C)(C)C(c1ccc2cccc(Cl)c2n1)C(C)(C)C. The fourth-order valence-electron chi connectivity index (χ4n) is 3.47. The van der Waals surface area contributed by atoms with Crippen molar-refractivity contribution < 1.29 is 0 Å². The largest absolute Gasteiger partial charge is 0.251 e. The topological polar surface area (TPSA) is 12.9 Å². The number of nitrogens with zero attached hydrogens (tertiary/aromatic N) is 1. The molecule has 1 aromatic heterocycles. The van der Waals surface area contributed by atoms with Crippen molar-refractivity contribution in [3.8, 4) is 0 Å². The van der Waals surface area contributed by atoms with Crippen LogP contribution in [0.15, 0.2) is 30.3 Å². The number of benzene rings is 1. The first kappa shape index (κ1) is 15.3. The molecule has 0 aliphatic rings. The van der Waals surface area contributed by atoms with E-state index in [1.54, 1.807) is 0 Å². The van der Waals surface area contributed by atoms with Gasteiger partial charge in [0.05, 0.1) is 10.5 Å². The maximum atomic E-state index is 6.30. The molecule has 0 saturated carbocycles. The summed E-state index contributed by atoms with van der Waals surface area (Å²) in [4.78, 5) is 4.88. The molecule has 20 heavy (non-hydrogen) atoms. The van der Waals surface area contributed by atoms with Gasteiger partial charge < -0.3 is 0 Å². The molecule has 0 amide bonds. The number of aromatic nitrogens is 1. The van der Waals surface area contributed by atoms with Gasteiger partial charge >= 0.3 is 0 Å². The third kappa shape index (κ3) is 2.98. The molecule has 0 bridgehead atoms. The Kier molecular flexibility index (Phi) is 3.85. The number of para-hydroxylation sites is 1. The summed E-state index contributed by atoms with van der Waals surface area (Å²) in [6, 6.07) is 10.2. The second-order valence-corrected chi connectivity index (χ2v) is 8.12. The minimum atomic E-state index is 0.153. The van der Waals surface area contributed by atoms with Gasteiger partial charge in [-0.05, 0) is 23.0 Å². The van der Waals surface area contributed by atoms with Crippen LogP contribution in [-0.4, -0.2) is 4.98 Å². The summed E-state index contributed by atoms with van der Waals surface area (Å²) >= 11 is 6.30. The summed E-state index contributed by atoms with van der Waals surface area (Å²) in [5.74, 6) is 0.371. The van der Waals surface area contributed by atoms with E-state index in [4.69, 9.17) is 16.6 Å². The highest BCUT2D eigenvalue weighted by Crippen LogP contribution is 2.47. The molecule has 2 rings (SSSR count). The molecular formula is C18H24ClN. The molecule has 2 aromatic rings. The molecule has 0 aliphatic heterocycles. The van der Waals surface area contributed by atoms with E-state index >= 15 is 0 Å². The zero-order chi connectivity index (χ0) is 15.1. The number of halogens is 1. The van der Waals surface area contributed by atoms with Crippen LogP contribution in [0.2, 0.25) is 5.02 Å². The van der Waals surface area contributed by atoms with Crippen molar-refractivity contribution in [1.82, 2.24) is 4.98 Å². The van der Waals surface area contributed by atoms with Crippen LogP contribution in [0.4, 0.5) is 0 Å². The van der Waals surface area contributed by atoms with Crippen molar-refractivity contribution in [2.45, 2.75) is 47.5 Å². The monoisotopic (exact) mass is 289 g/mol. The van der Waals surface area contributed by atoms with Crippen LogP contribution in [0, 0.1) is 10.8 Å². The summed E-state index contributed by atoms with van der Waals surface area (Å²) in [5.41, 5.74) is 2.34. The summed E-state index contributed by atoms with van der Waals surface area (Å²) in [7, 11) is 0. The fraction of sp³-hybridized carbons (Fsp3) is 0.500. The summed E-state index contributed by atoms with van der Waals surface area (Å²) in [5, 5.41) is 1.83. The molecule has 0 N–H and O–H groups in total. The minimum absolute atomic E-state index is 0.153. The predicted molar refractivity (Wildman–Crippen MR) is 88.4 cm³/mol. The number of hydrogen-bond donors (Lipinski definition) is 0. The lowest BCUT2D eigenvalue weighted by atomic mass is 9.65. The predicted octanol–water partition coefficient (Wildman–Crippen LogP) is 6.06. The van der Waals surface area contributed by atoms with Gasteiger partial charge in [0.1, 0.15) is 0 Å². The summed E-state index contributed by atoms with van der Waals surface area (Å²) in [6.07, 6.45) is 0. The first-order valence-corrected chi connectivity index (χ1v) is 7.53. The van der Waals surface area contributed by atoms with E-state index in [2.05, 4.69) is 59.7 Å². The fourth-order valence-corrected chi connectivity index (χ4v) is 3.70. The Morgan fingerprint density at radius 1 is 0.900 bits per heavy atom. The molecule has 0 atom stereocenters. The van der Waals surface area contributed by atoms with Crippen molar-refractivity contribution in [2.24, 2.45) is 10.8 Å². The van der Waals surface area contributed by atoms with Crippen LogP contribution < -0.4 is 0 Å². The Labute approximate surface area is 127 Å². The van der Waals surface area contributed by atoms with Crippen molar-refractivity contribution in [2.75, 3.05) is 0 Å². The lowest BCUT2D eigenvalue weighted by Gasteiger charge is -2.40. The van der Waals surface area contributed by atoms with Gasteiger partial charge in [-0.2, -0.15) is 0 Å². The molecule has 0 saturated heterocycles. The van der Waals surface area contributed by atoms with Gasteiger partial charge in [-0.25, -0.2) is 0 Å². The van der Waals surface area contributed by atoms with E-state index in [1.807, 2.05) is 12.1 Å².